The van der Waals surface area contributed by atoms with Gasteiger partial charge in [0.15, 0.2) is 5.16 Å². The number of aromatic amines is 1. The monoisotopic (exact) mass is 306 g/mol. The van der Waals surface area contributed by atoms with Gasteiger partial charge in [-0.2, -0.15) is 0 Å². The van der Waals surface area contributed by atoms with Crippen LogP contribution in [0, 0.1) is 0 Å². The molecule has 0 saturated heterocycles. The summed E-state index contributed by atoms with van der Waals surface area (Å²) in [7, 11) is 0. The van der Waals surface area contributed by atoms with Gasteiger partial charge in [0, 0.05) is 5.75 Å². The largest absolute Gasteiger partial charge is 0.450 e. The Kier molecular flexibility index (Phi) is 5.33. The maximum Gasteiger partial charge on any atom is 0.412 e. The van der Waals surface area contributed by atoms with E-state index in [0.29, 0.717) is 10.9 Å². The molecule has 2 aromatic rings. The van der Waals surface area contributed by atoms with Gasteiger partial charge in [-0.15, -0.1) is 10.2 Å². The van der Waals surface area contributed by atoms with E-state index in [1.165, 1.54) is 11.8 Å². The minimum absolute atomic E-state index is 0.183. The smallest absolute Gasteiger partial charge is 0.412 e. The van der Waals surface area contributed by atoms with Crippen LogP contribution in [0.1, 0.15) is 12.5 Å². The Hall–Kier alpha value is -2.35. The molecule has 21 heavy (non-hydrogen) atoms. The molecular weight excluding hydrogens is 292 g/mol. The van der Waals surface area contributed by atoms with Crippen LogP contribution in [0.15, 0.2) is 40.3 Å². The van der Waals surface area contributed by atoms with Gasteiger partial charge in [-0.3, -0.25) is 15.1 Å². The molecule has 8 heteroatoms. The van der Waals surface area contributed by atoms with Crippen molar-refractivity contribution in [2.45, 2.75) is 17.8 Å². The van der Waals surface area contributed by atoms with Crippen LogP contribution in [0.3, 0.4) is 0 Å². The lowest BCUT2D eigenvalue weighted by atomic mass is 10.2. The van der Waals surface area contributed by atoms with Crippen LogP contribution in [0.2, 0.25) is 0 Å². The fourth-order valence-corrected chi connectivity index (χ4v) is 2.22. The van der Waals surface area contributed by atoms with Crippen molar-refractivity contribution in [3.8, 4) is 0 Å². The topological polar surface area (TPSA) is 97.0 Å². The van der Waals surface area contributed by atoms with Crippen LogP contribution < -0.4 is 10.9 Å². The molecule has 0 aliphatic carbocycles. The van der Waals surface area contributed by atoms with E-state index >= 15 is 0 Å². The highest BCUT2D eigenvalue weighted by Gasteiger charge is 2.09. The molecule has 110 valence electrons. The van der Waals surface area contributed by atoms with Crippen LogP contribution >= 0.6 is 11.8 Å². The molecule has 0 aliphatic rings. The minimum atomic E-state index is -0.734. The van der Waals surface area contributed by atoms with Gasteiger partial charge in [-0.1, -0.05) is 42.1 Å². The first-order valence-electron chi connectivity index (χ1n) is 6.26. The zero-order valence-electron chi connectivity index (χ0n) is 11.3. The van der Waals surface area contributed by atoms with Crippen LogP contribution in [0.25, 0.3) is 0 Å². The lowest BCUT2D eigenvalue weighted by molar-refractivity contribution is 0.167. The summed E-state index contributed by atoms with van der Waals surface area (Å²) in [5.74, 6) is 0.480. The molecule has 0 bridgehead atoms. The third-order valence-corrected chi connectivity index (χ3v) is 3.33. The van der Waals surface area contributed by atoms with Gasteiger partial charge in [-0.05, 0) is 12.5 Å². The lowest BCUT2D eigenvalue weighted by Crippen LogP contribution is -2.23. The first-order chi connectivity index (χ1) is 10.2. The lowest BCUT2D eigenvalue weighted by Gasteiger charge is -2.04. The van der Waals surface area contributed by atoms with Crippen LogP contribution in [0.4, 0.5) is 10.6 Å². The number of rotatable bonds is 5. The van der Waals surface area contributed by atoms with E-state index in [1.54, 1.807) is 6.92 Å². The molecule has 0 atom stereocenters. The molecule has 1 aromatic heterocycles. The Morgan fingerprint density at radius 2 is 2.10 bits per heavy atom. The zero-order chi connectivity index (χ0) is 15.1. The van der Waals surface area contributed by atoms with Crippen molar-refractivity contribution in [2.24, 2.45) is 0 Å². The number of ether oxygens (including phenoxy) is 1. The summed E-state index contributed by atoms with van der Waals surface area (Å²) in [5.41, 5.74) is 0.590. The number of anilines is 1. The van der Waals surface area contributed by atoms with E-state index in [4.69, 9.17) is 0 Å². The number of hydrogen-bond donors (Lipinski definition) is 2. The summed E-state index contributed by atoms with van der Waals surface area (Å²) in [6, 6.07) is 9.78. The van der Waals surface area contributed by atoms with Gasteiger partial charge in [0.2, 0.25) is 5.82 Å². The molecule has 0 radical (unpaired) electrons. The predicted octanol–water partition coefficient (Wildman–Crippen LogP) is 2.03. The number of amides is 1. The number of nitrogens with one attached hydrogen (secondary N) is 2. The normalized spacial score (nSPS) is 10.1. The first kappa shape index (κ1) is 15.0. The maximum atomic E-state index is 11.7. The number of benzene rings is 1. The second-order valence-electron chi connectivity index (χ2n) is 3.93. The highest BCUT2D eigenvalue weighted by Crippen LogP contribution is 2.17. The fraction of sp³-hybridized carbons (Fsp3) is 0.231. The zero-order valence-corrected chi connectivity index (χ0v) is 12.1. The number of H-pyrrole nitrogens is 1. The molecule has 7 nitrogen and oxygen atoms in total. The van der Waals surface area contributed by atoms with Crippen molar-refractivity contribution >= 4 is 23.7 Å². The molecule has 2 N–H and O–H groups in total. The van der Waals surface area contributed by atoms with E-state index < -0.39 is 11.7 Å². The van der Waals surface area contributed by atoms with E-state index in [-0.39, 0.29) is 12.4 Å². The third-order valence-electron chi connectivity index (χ3n) is 2.39. The average Bonchev–Trinajstić information content (AvgIpc) is 2.49. The van der Waals surface area contributed by atoms with Gasteiger partial charge in [-0.25, -0.2) is 4.79 Å². The molecule has 1 heterocycles. The third kappa shape index (κ3) is 4.60. The Morgan fingerprint density at radius 1 is 1.33 bits per heavy atom. The number of thioether (sulfide) groups is 1. The number of nitrogens with zero attached hydrogens (tertiary/aromatic N) is 2. The highest BCUT2D eigenvalue weighted by atomic mass is 32.2. The minimum Gasteiger partial charge on any atom is -0.450 e. The number of aromatic nitrogens is 3. The molecule has 0 unspecified atom stereocenters. The Labute approximate surface area is 125 Å². The van der Waals surface area contributed by atoms with Crippen LogP contribution in [-0.2, 0) is 10.5 Å². The van der Waals surface area contributed by atoms with Gasteiger partial charge >= 0.3 is 6.09 Å². The van der Waals surface area contributed by atoms with Crippen molar-refractivity contribution in [3.05, 3.63) is 46.2 Å². The molecule has 1 aromatic carbocycles. The van der Waals surface area contributed by atoms with Crippen LogP contribution in [0.5, 0.6) is 0 Å². The number of hydrogen-bond acceptors (Lipinski definition) is 6. The van der Waals surface area contributed by atoms with Crippen molar-refractivity contribution in [1.29, 1.82) is 0 Å². The van der Waals surface area contributed by atoms with Gasteiger partial charge in [0.25, 0.3) is 5.56 Å². The van der Waals surface area contributed by atoms with Gasteiger partial charge < -0.3 is 4.74 Å². The van der Waals surface area contributed by atoms with E-state index in [2.05, 4.69) is 25.2 Å². The summed E-state index contributed by atoms with van der Waals surface area (Å²) in [6.45, 7) is 1.88. The van der Waals surface area contributed by atoms with Crippen molar-refractivity contribution < 1.29 is 9.53 Å². The molecule has 0 spiro atoms. The number of carbonyl (C=O) groups is 1. The quantitative estimate of drug-likeness (QED) is 0.820. The maximum absolute atomic E-state index is 11.7. The predicted molar refractivity (Wildman–Crippen MR) is 79.3 cm³/mol. The van der Waals surface area contributed by atoms with E-state index in [1.807, 2.05) is 30.3 Å². The highest BCUT2D eigenvalue weighted by molar-refractivity contribution is 7.98. The van der Waals surface area contributed by atoms with Crippen molar-refractivity contribution in [2.75, 3.05) is 11.9 Å². The summed E-state index contributed by atoms with van der Waals surface area (Å²) < 4.78 is 4.66. The Morgan fingerprint density at radius 3 is 2.76 bits per heavy atom. The fourth-order valence-electron chi connectivity index (χ4n) is 1.46. The Bertz CT molecular complexity index is 660. The molecule has 0 fully saturated rings. The van der Waals surface area contributed by atoms with Crippen LogP contribution in [-0.4, -0.2) is 27.9 Å². The van der Waals surface area contributed by atoms with Gasteiger partial charge in [0.1, 0.15) is 0 Å². The second-order valence-corrected chi connectivity index (χ2v) is 4.89. The summed E-state index contributed by atoms with van der Waals surface area (Å²) >= 11 is 1.35. The van der Waals surface area contributed by atoms with E-state index in [9.17, 15) is 9.59 Å². The molecular formula is C13H14N4O3S. The molecule has 2 rings (SSSR count). The van der Waals surface area contributed by atoms with Crippen molar-refractivity contribution in [3.63, 3.8) is 0 Å². The molecule has 0 saturated carbocycles. The molecule has 1 amide bonds. The first-order valence-corrected chi connectivity index (χ1v) is 7.25. The van der Waals surface area contributed by atoms with Crippen molar-refractivity contribution in [1.82, 2.24) is 15.2 Å². The summed E-state index contributed by atoms with van der Waals surface area (Å²) in [5, 5.41) is 10.2. The summed E-state index contributed by atoms with van der Waals surface area (Å²) in [6.07, 6.45) is -0.734. The Balaban J connectivity index is 1.99. The average molecular weight is 306 g/mol. The van der Waals surface area contributed by atoms with E-state index in [0.717, 1.165) is 5.56 Å². The second kappa shape index (κ2) is 7.44. The SMILES string of the molecule is CCOC(=O)Nc1nnc(SCc2ccccc2)[nH]c1=O. The van der Waals surface area contributed by atoms with Gasteiger partial charge in [0.05, 0.1) is 6.61 Å². The molecule has 0 aliphatic heterocycles. The standard InChI is InChI=1S/C13H14N4O3S/c1-2-20-13(19)14-10-11(18)15-12(17-16-10)21-8-9-6-4-3-5-7-9/h3-7H,2,8H2,1H3,(H,14,16,19)(H,15,17,18). The number of carbonyl (C=O) groups excluding carboxylic acids is 1. The summed E-state index contributed by atoms with van der Waals surface area (Å²) in [4.78, 5) is 25.5.